The molecule has 0 aromatic rings. The maximum Gasteiger partial charge on any atom is 0.315 e. The number of sulfone groups is 1. The lowest BCUT2D eigenvalue weighted by Crippen LogP contribution is -2.64. The molecular weight excluding hydrogens is 659 g/mol. The molecule has 4 N–H and O–H groups in total. The Morgan fingerprint density at radius 2 is 1.56 bits per heavy atom. The number of carbonyl (C=O) groups excluding carboxylic acids is 5. The monoisotopic (exact) mass is 721 g/mol. The Morgan fingerprint density at radius 3 is 2.08 bits per heavy atom. The minimum Gasteiger partial charge on any atom is -0.346 e. The van der Waals surface area contributed by atoms with E-state index in [0.717, 1.165) is 32.1 Å². The topological polar surface area (TPSA) is 171 Å². The molecule has 3 fully saturated rings. The van der Waals surface area contributed by atoms with Crippen LogP contribution in [0.15, 0.2) is 12.7 Å². The third-order valence-corrected chi connectivity index (χ3v) is 13.5. The molecule has 1 unspecified atom stereocenters. The fourth-order valence-corrected chi connectivity index (χ4v) is 8.70. The Labute approximate surface area is 300 Å². The first kappa shape index (κ1) is 41.5. The molecule has 5 amide bonds. The second-order valence-electron chi connectivity index (χ2n) is 17.2. The summed E-state index contributed by atoms with van der Waals surface area (Å²) in [6, 6.07) is -3.61. The predicted octanol–water partition coefficient (Wildman–Crippen LogP) is 4.04. The maximum absolute atomic E-state index is 14.5. The van der Waals surface area contributed by atoms with Crippen LogP contribution in [0.2, 0.25) is 0 Å². The zero-order valence-electron chi connectivity index (χ0n) is 31.7. The van der Waals surface area contributed by atoms with Crippen molar-refractivity contribution < 1.29 is 32.4 Å². The van der Waals surface area contributed by atoms with E-state index in [1.165, 1.54) is 11.0 Å². The molecule has 3 rings (SSSR count). The first-order chi connectivity index (χ1) is 23.1. The largest absolute Gasteiger partial charge is 0.346 e. The van der Waals surface area contributed by atoms with Crippen molar-refractivity contribution in [1.82, 2.24) is 26.2 Å². The van der Waals surface area contributed by atoms with Gasteiger partial charge in [-0.2, -0.15) is 0 Å². The number of amides is 5. The normalized spacial score (nSPS) is 22.3. The molecule has 2 aliphatic carbocycles. The van der Waals surface area contributed by atoms with Gasteiger partial charge in [-0.05, 0) is 76.0 Å². The van der Waals surface area contributed by atoms with Gasteiger partial charge in [0.25, 0.3) is 5.91 Å². The van der Waals surface area contributed by atoms with Crippen LogP contribution < -0.4 is 21.3 Å². The van der Waals surface area contributed by atoms with Gasteiger partial charge >= 0.3 is 6.03 Å². The third-order valence-electron chi connectivity index (χ3n) is 10.7. The molecule has 1 aliphatic heterocycles. The smallest absolute Gasteiger partial charge is 0.315 e. The number of nitrogens with zero attached hydrogens (tertiary/aromatic N) is 1. The highest BCUT2D eigenvalue weighted by atomic mass is 32.2. The predicted molar refractivity (Wildman–Crippen MR) is 195 cm³/mol. The molecule has 2 saturated carbocycles. The molecule has 4 atom stereocenters. The van der Waals surface area contributed by atoms with Crippen LogP contribution in [-0.2, 0) is 29.0 Å². The van der Waals surface area contributed by atoms with Crippen molar-refractivity contribution in [3.8, 4) is 0 Å². The summed E-state index contributed by atoms with van der Waals surface area (Å²) in [6.07, 6.45) is 8.71. The summed E-state index contributed by atoms with van der Waals surface area (Å²) in [5, 5.41) is 11.3. The molecule has 284 valence electrons. The highest BCUT2D eigenvalue weighted by molar-refractivity contribution is 7.92. The van der Waals surface area contributed by atoms with Gasteiger partial charge in [-0.1, -0.05) is 72.8 Å². The van der Waals surface area contributed by atoms with Gasteiger partial charge < -0.3 is 26.2 Å². The molecule has 0 aromatic carbocycles. The molecular formula is C37H63N5O7S. The van der Waals surface area contributed by atoms with Crippen LogP contribution in [0.3, 0.4) is 0 Å². The van der Waals surface area contributed by atoms with E-state index in [9.17, 15) is 32.4 Å². The van der Waals surface area contributed by atoms with E-state index < -0.39 is 73.2 Å². The fourth-order valence-electron chi connectivity index (χ4n) is 7.18. The van der Waals surface area contributed by atoms with Gasteiger partial charge in [0, 0.05) is 13.1 Å². The molecule has 0 radical (unpaired) electrons. The van der Waals surface area contributed by atoms with Crippen LogP contribution in [-0.4, -0.2) is 90.1 Å². The van der Waals surface area contributed by atoms with Gasteiger partial charge in [-0.3, -0.25) is 19.2 Å². The number of carbonyl (C=O) groups is 5. The summed E-state index contributed by atoms with van der Waals surface area (Å²) in [5.41, 5.74) is -1.73. The highest BCUT2D eigenvalue weighted by Crippen LogP contribution is 2.36. The molecule has 0 spiro atoms. The maximum atomic E-state index is 14.5. The van der Waals surface area contributed by atoms with Crippen LogP contribution in [0.25, 0.3) is 0 Å². The van der Waals surface area contributed by atoms with Crippen molar-refractivity contribution in [2.24, 2.45) is 23.2 Å². The zero-order valence-corrected chi connectivity index (χ0v) is 32.5. The lowest BCUT2D eigenvalue weighted by molar-refractivity contribution is -0.144. The number of hydrogen-bond acceptors (Lipinski definition) is 7. The SMILES string of the molecule is C=CCNC(=O)C(=O)[C@H](CCC1CC1)NC(=O)[C@@H]1[C@@H](C(C)C)CCN1C(=O)C(NC(=O)NC1(CS(=O)(=O)C(C)(C)C)CCCCC1)C(C)(C)C. The minimum atomic E-state index is -3.57. The molecule has 3 aliphatic rings. The van der Waals surface area contributed by atoms with Crippen LogP contribution in [0.4, 0.5) is 4.79 Å². The Morgan fingerprint density at radius 1 is 0.940 bits per heavy atom. The van der Waals surface area contributed by atoms with Crippen molar-refractivity contribution in [2.75, 3.05) is 18.8 Å². The third kappa shape index (κ3) is 10.8. The van der Waals surface area contributed by atoms with Crippen LogP contribution in [0, 0.1) is 23.2 Å². The summed E-state index contributed by atoms with van der Waals surface area (Å²) in [5.74, 6) is -2.35. The van der Waals surface area contributed by atoms with Crippen LogP contribution >= 0.6 is 0 Å². The lowest BCUT2D eigenvalue weighted by Gasteiger charge is -2.41. The number of urea groups is 1. The minimum absolute atomic E-state index is 0.0281. The molecule has 0 bridgehead atoms. The van der Waals surface area contributed by atoms with Crippen molar-refractivity contribution in [2.45, 2.75) is 148 Å². The first-order valence-corrected chi connectivity index (χ1v) is 20.1. The Bertz CT molecular complexity index is 1370. The first-order valence-electron chi connectivity index (χ1n) is 18.5. The number of likely N-dealkylation sites (tertiary alicyclic amines) is 1. The quantitative estimate of drug-likeness (QED) is 0.146. The fraction of sp³-hybridized carbons (Fsp3) is 0.811. The van der Waals surface area contributed by atoms with Crippen LogP contribution in [0.1, 0.15) is 120 Å². The van der Waals surface area contributed by atoms with Crippen molar-refractivity contribution in [1.29, 1.82) is 0 Å². The van der Waals surface area contributed by atoms with Gasteiger partial charge in [0.15, 0.2) is 9.84 Å². The Kier molecular flexibility index (Phi) is 13.8. The summed E-state index contributed by atoms with van der Waals surface area (Å²) in [4.78, 5) is 69.8. The number of rotatable bonds is 15. The van der Waals surface area contributed by atoms with Crippen LogP contribution in [0.5, 0.6) is 0 Å². The molecule has 1 saturated heterocycles. The van der Waals surface area contributed by atoms with Gasteiger partial charge in [-0.25, -0.2) is 13.2 Å². The number of hydrogen-bond donors (Lipinski definition) is 4. The number of ketones is 1. The molecule has 12 nitrogen and oxygen atoms in total. The van der Waals surface area contributed by atoms with E-state index >= 15 is 0 Å². The Hall–Kier alpha value is -2.96. The van der Waals surface area contributed by atoms with Crippen molar-refractivity contribution in [3.63, 3.8) is 0 Å². The van der Waals surface area contributed by atoms with Gasteiger partial charge in [0.2, 0.25) is 17.6 Å². The van der Waals surface area contributed by atoms with Gasteiger partial charge in [0.05, 0.1) is 22.1 Å². The molecule has 50 heavy (non-hydrogen) atoms. The summed E-state index contributed by atoms with van der Waals surface area (Å²) < 4.78 is 25.6. The summed E-state index contributed by atoms with van der Waals surface area (Å²) in [7, 11) is -3.57. The van der Waals surface area contributed by atoms with E-state index in [1.54, 1.807) is 20.8 Å². The number of nitrogens with one attached hydrogen (secondary N) is 4. The van der Waals surface area contributed by atoms with Gasteiger partial charge in [0.1, 0.15) is 12.1 Å². The van der Waals surface area contributed by atoms with E-state index in [2.05, 4.69) is 27.8 Å². The molecule has 13 heteroatoms. The average Bonchev–Trinajstić information content (AvgIpc) is 3.73. The van der Waals surface area contributed by atoms with Crippen molar-refractivity contribution in [3.05, 3.63) is 12.7 Å². The molecule has 1 heterocycles. The van der Waals surface area contributed by atoms with E-state index in [-0.39, 0.29) is 30.7 Å². The van der Waals surface area contributed by atoms with Gasteiger partial charge in [-0.15, -0.1) is 6.58 Å². The van der Waals surface area contributed by atoms with E-state index in [0.29, 0.717) is 38.0 Å². The highest BCUT2D eigenvalue weighted by Gasteiger charge is 2.49. The molecule has 0 aromatic heterocycles. The number of Topliss-reactive ketones (excluding diaryl/α,β-unsaturated/α-hetero) is 1. The average molecular weight is 722 g/mol. The van der Waals surface area contributed by atoms with Crippen molar-refractivity contribution >= 4 is 39.4 Å². The van der Waals surface area contributed by atoms with E-state index in [1.807, 2.05) is 34.6 Å². The second kappa shape index (κ2) is 16.6. The lowest BCUT2D eigenvalue weighted by atomic mass is 9.83. The second-order valence-corrected chi connectivity index (χ2v) is 20.0. The Balaban J connectivity index is 1.86. The van der Waals surface area contributed by atoms with E-state index in [4.69, 9.17) is 0 Å². The zero-order chi connectivity index (χ0) is 37.7. The summed E-state index contributed by atoms with van der Waals surface area (Å²) >= 11 is 0. The summed E-state index contributed by atoms with van der Waals surface area (Å²) in [6.45, 7) is 18.4. The standard InChI is InChI=1S/C37H63N5O7S/c1-10-21-38-32(45)29(43)27(17-16-25-14-15-25)39-31(44)28-26(24(2)3)18-22-42(28)33(46)30(35(4,5)6)40-34(47)41-37(19-12-11-13-20-37)23-50(48,49)36(7,8)9/h10,24-28,30H,1,11-23H2,2-9H3,(H,38,45)(H,39,44)(H2,40,41,47)/t26-,27+,28+,30?/m1/s1.